The van der Waals surface area contributed by atoms with E-state index < -0.39 is 22.0 Å². The topological polar surface area (TPSA) is 74.7 Å². The van der Waals surface area contributed by atoms with Crippen molar-refractivity contribution in [3.05, 3.63) is 71.8 Å². The average Bonchev–Trinajstić information content (AvgIpc) is 2.53. The molecule has 0 bridgehead atoms. The SMILES string of the molecule is CC(C(=O)O)N(Cc1ccccc1)S(=O)(=O)Cc1ccccc1. The van der Waals surface area contributed by atoms with Crippen molar-refractivity contribution in [2.75, 3.05) is 0 Å². The Kier molecular flexibility index (Phi) is 5.52. The predicted molar refractivity (Wildman–Crippen MR) is 88.1 cm³/mol. The van der Waals surface area contributed by atoms with Crippen molar-refractivity contribution in [3.63, 3.8) is 0 Å². The summed E-state index contributed by atoms with van der Waals surface area (Å²) >= 11 is 0. The van der Waals surface area contributed by atoms with Crippen LogP contribution < -0.4 is 0 Å². The first-order valence-electron chi connectivity index (χ1n) is 7.20. The van der Waals surface area contributed by atoms with Crippen molar-refractivity contribution in [3.8, 4) is 0 Å². The van der Waals surface area contributed by atoms with Crippen LogP contribution in [0.1, 0.15) is 18.1 Å². The Bertz CT molecular complexity index is 745. The van der Waals surface area contributed by atoms with E-state index in [9.17, 15) is 18.3 Å². The van der Waals surface area contributed by atoms with Crippen LogP contribution in [0.4, 0.5) is 0 Å². The summed E-state index contributed by atoms with van der Waals surface area (Å²) < 4.78 is 26.5. The van der Waals surface area contributed by atoms with Gasteiger partial charge < -0.3 is 5.11 Å². The highest BCUT2D eigenvalue weighted by molar-refractivity contribution is 7.88. The molecule has 23 heavy (non-hydrogen) atoms. The van der Waals surface area contributed by atoms with Gasteiger partial charge in [-0.1, -0.05) is 60.7 Å². The van der Waals surface area contributed by atoms with Gasteiger partial charge in [-0.05, 0) is 18.1 Å². The smallest absolute Gasteiger partial charge is 0.321 e. The number of sulfonamides is 1. The van der Waals surface area contributed by atoms with Gasteiger partial charge >= 0.3 is 5.97 Å². The number of hydrogen-bond donors (Lipinski definition) is 1. The second kappa shape index (κ2) is 7.39. The van der Waals surface area contributed by atoms with E-state index in [2.05, 4.69) is 0 Å². The maximum absolute atomic E-state index is 12.7. The summed E-state index contributed by atoms with van der Waals surface area (Å²) in [7, 11) is -3.77. The fraction of sp³-hybridized carbons (Fsp3) is 0.235. The minimum absolute atomic E-state index is 0.0312. The number of carboxylic acid groups (broad SMARTS) is 1. The summed E-state index contributed by atoms with van der Waals surface area (Å²) in [6.07, 6.45) is 0. The Morgan fingerprint density at radius 2 is 1.48 bits per heavy atom. The molecule has 2 rings (SSSR count). The number of carbonyl (C=O) groups is 1. The van der Waals surface area contributed by atoms with Crippen molar-refractivity contribution in [1.29, 1.82) is 0 Å². The van der Waals surface area contributed by atoms with Gasteiger partial charge in [-0.15, -0.1) is 0 Å². The van der Waals surface area contributed by atoms with E-state index in [0.29, 0.717) is 5.56 Å². The summed E-state index contributed by atoms with van der Waals surface area (Å²) in [6.45, 7) is 1.41. The largest absolute Gasteiger partial charge is 0.480 e. The molecule has 122 valence electrons. The lowest BCUT2D eigenvalue weighted by Crippen LogP contribution is -2.43. The van der Waals surface area contributed by atoms with Crippen molar-refractivity contribution < 1.29 is 18.3 Å². The van der Waals surface area contributed by atoms with Crippen LogP contribution in [-0.2, 0) is 27.1 Å². The Labute approximate surface area is 136 Å². The lowest BCUT2D eigenvalue weighted by atomic mass is 10.2. The first-order chi connectivity index (χ1) is 10.9. The third-order valence-electron chi connectivity index (χ3n) is 3.52. The minimum Gasteiger partial charge on any atom is -0.480 e. The van der Waals surface area contributed by atoms with Crippen LogP contribution >= 0.6 is 0 Å². The molecule has 0 aliphatic rings. The highest BCUT2D eigenvalue weighted by Crippen LogP contribution is 2.18. The minimum atomic E-state index is -3.77. The van der Waals surface area contributed by atoms with E-state index in [1.807, 2.05) is 6.07 Å². The zero-order chi connectivity index (χ0) is 16.9. The average molecular weight is 333 g/mol. The molecule has 0 heterocycles. The third-order valence-corrected chi connectivity index (χ3v) is 5.38. The van der Waals surface area contributed by atoms with E-state index in [4.69, 9.17) is 0 Å². The van der Waals surface area contributed by atoms with Gasteiger partial charge in [-0.2, -0.15) is 4.31 Å². The van der Waals surface area contributed by atoms with Gasteiger partial charge in [-0.25, -0.2) is 8.42 Å². The standard InChI is InChI=1S/C17H19NO4S/c1-14(17(19)20)18(12-15-8-4-2-5-9-15)23(21,22)13-16-10-6-3-7-11-16/h2-11,14H,12-13H2,1H3,(H,19,20). The van der Waals surface area contributed by atoms with Crippen molar-refractivity contribution in [2.24, 2.45) is 0 Å². The Hall–Kier alpha value is -2.18. The second-order valence-electron chi connectivity index (χ2n) is 5.29. The van der Waals surface area contributed by atoms with Crippen molar-refractivity contribution >= 4 is 16.0 Å². The zero-order valence-corrected chi connectivity index (χ0v) is 13.6. The summed E-state index contributed by atoms with van der Waals surface area (Å²) in [5, 5.41) is 9.25. The Morgan fingerprint density at radius 1 is 1.00 bits per heavy atom. The monoisotopic (exact) mass is 333 g/mol. The molecule has 1 atom stereocenters. The number of benzene rings is 2. The molecule has 0 fully saturated rings. The first kappa shape index (κ1) is 17.2. The van der Waals surface area contributed by atoms with Gasteiger partial charge in [0.25, 0.3) is 0 Å². The molecule has 2 aromatic carbocycles. The Morgan fingerprint density at radius 3 is 1.96 bits per heavy atom. The number of hydrogen-bond acceptors (Lipinski definition) is 3. The molecular formula is C17H19NO4S. The maximum atomic E-state index is 12.7. The van der Waals surface area contributed by atoms with Crippen molar-refractivity contribution in [2.45, 2.75) is 25.3 Å². The van der Waals surface area contributed by atoms with Crippen LogP contribution in [0, 0.1) is 0 Å². The number of nitrogens with zero attached hydrogens (tertiary/aromatic N) is 1. The molecule has 6 heteroatoms. The second-order valence-corrected chi connectivity index (χ2v) is 7.21. The summed E-state index contributed by atoms with van der Waals surface area (Å²) in [6, 6.07) is 16.6. The highest BCUT2D eigenvalue weighted by Gasteiger charge is 2.31. The number of carboxylic acids is 1. The molecule has 0 amide bonds. The molecule has 0 saturated heterocycles. The molecule has 1 unspecified atom stereocenters. The maximum Gasteiger partial charge on any atom is 0.321 e. The quantitative estimate of drug-likeness (QED) is 0.845. The van der Waals surface area contributed by atoms with Crippen LogP contribution in [0.15, 0.2) is 60.7 Å². The molecule has 0 aliphatic carbocycles. The van der Waals surface area contributed by atoms with Gasteiger partial charge in [0, 0.05) is 6.54 Å². The van der Waals surface area contributed by atoms with Gasteiger partial charge in [0.2, 0.25) is 10.0 Å². The third kappa shape index (κ3) is 4.64. The van der Waals surface area contributed by atoms with E-state index in [-0.39, 0.29) is 12.3 Å². The van der Waals surface area contributed by atoms with Gasteiger partial charge in [0.05, 0.1) is 5.75 Å². The molecule has 0 spiro atoms. The van der Waals surface area contributed by atoms with Gasteiger partial charge in [-0.3, -0.25) is 4.79 Å². The molecule has 0 aliphatic heterocycles. The molecule has 2 aromatic rings. The van der Waals surface area contributed by atoms with Gasteiger partial charge in [0.15, 0.2) is 0 Å². The summed E-state index contributed by atoms with van der Waals surface area (Å²) in [5.41, 5.74) is 1.38. The molecule has 0 aromatic heterocycles. The van der Waals surface area contributed by atoms with E-state index >= 15 is 0 Å². The fourth-order valence-corrected chi connectivity index (χ4v) is 3.93. The van der Waals surface area contributed by atoms with Crippen LogP contribution in [0.2, 0.25) is 0 Å². The molecular weight excluding hydrogens is 314 g/mol. The van der Waals surface area contributed by atoms with E-state index in [1.165, 1.54) is 6.92 Å². The lowest BCUT2D eigenvalue weighted by Gasteiger charge is -2.26. The van der Waals surface area contributed by atoms with Crippen LogP contribution in [0.3, 0.4) is 0 Å². The zero-order valence-electron chi connectivity index (χ0n) is 12.8. The summed E-state index contributed by atoms with van der Waals surface area (Å²) in [4.78, 5) is 11.3. The lowest BCUT2D eigenvalue weighted by molar-refractivity contribution is -0.141. The fourth-order valence-electron chi connectivity index (χ4n) is 2.23. The summed E-state index contributed by atoms with van der Waals surface area (Å²) in [5.74, 6) is -1.39. The highest BCUT2D eigenvalue weighted by atomic mass is 32.2. The molecule has 1 N–H and O–H groups in total. The van der Waals surface area contributed by atoms with Gasteiger partial charge in [0.1, 0.15) is 6.04 Å². The number of rotatable bonds is 7. The Balaban J connectivity index is 2.30. The number of aliphatic carboxylic acids is 1. The van der Waals surface area contributed by atoms with E-state index in [0.717, 1.165) is 9.87 Å². The van der Waals surface area contributed by atoms with Crippen LogP contribution in [0.5, 0.6) is 0 Å². The normalized spacial score (nSPS) is 13.0. The molecule has 0 saturated carbocycles. The van der Waals surface area contributed by atoms with Crippen molar-refractivity contribution in [1.82, 2.24) is 4.31 Å². The molecule has 0 radical (unpaired) electrons. The predicted octanol–water partition coefficient (Wildman–Crippen LogP) is 2.49. The van der Waals surface area contributed by atoms with E-state index in [1.54, 1.807) is 54.6 Å². The van der Waals surface area contributed by atoms with Crippen LogP contribution in [-0.4, -0.2) is 29.8 Å². The first-order valence-corrected chi connectivity index (χ1v) is 8.81. The van der Waals surface area contributed by atoms with Crippen LogP contribution in [0.25, 0.3) is 0 Å². The molecule has 5 nitrogen and oxygen atoms in total.